The summed E-state index contributed by atoms with van der Waals surface area (Å²) in [5, 5.41) is 0. The molecule has 1 aromatic carbocycles. The van der Waals surface area contributed by atoms with Gasteiger partial charge in [-0.3, -0.25) is 9.80 Å². The summed E-state index contributed by atoms with van der Waals surface area (Å²) in [7, 11) is 2.24. The van der Waals surface area contributed by atoms with Crippen LogP contribution in [0.3, 0.4) is 0 Å². The van der Waals surface area contributed by atoms with E-state index in [9.17, 15) is 0 Å². The zero-order chi connectivity index (χ0) is 15.6. The molecule has 0 radical (unpaired) electrons. The minimum absolute atomic E-state index is 0. The van der Waals surface area contributed by atoms with Crippen molar-refractivity contribution < 1.29 is 4.74 Å². The largest absolute Gasteiger partial charge is 0.371 e. The molecule has 3 aliphatic heterocycles. The molecule has 0 N–H and O–H groups in total. The van der Waals surface area contributed by atoms with Gasteiger partial charge in [-0.1, -0.05) is 30.3 Å². The van der Waals surface area contributed by atoms with Crippen LogP contribution in [0.15, 0.2) is 30.3 Å². The van der Waals surface area contributed by atoms with Crippen LogP contribution >= 0.6 is 37.2 Å². The van der Waals surface area contributed by atoms with Crippen molar-refractivity contribution in [3.05, 3.63) is 35.9 Å². The van der Waals surface area contributed by atoms with Gasteiger partial charge in [-0.2, -0.15) is 0 Å². The summed E-state index contributed by atoms with van der Waals surface area (Å²) >= 11 is 0. The van der Waals surface area contributed by atoms with Gasteiger partial charge >= 0.3 is 0 Å². The molecule has 4 nitrogen and oxygen atoms in total. The molecule has 0 spiro atoms. The van der Waals surface area contributed by atoms with E-state index in [0.29, 0.717) is 12.1 Å². The van der Waals surface area contributed by atoms with Gasteiger partial charge in [-0.25, -0.2) is 0 Å². The summed E-state index contributed by atoms with van der Waals surface area (Å²) < 4.78 is 5.67. The van der Waals surface area contributed by atoms with Gasteiger partial charge in [0.2, 0.25) is 0 Å². The molecule has 26 heavy (non-hydrogen) atoms. The standard InChI is InChI=1S/C19H29N3O.3ClH/c1-20-9-7-17(8-10-20)21-11-13-22(14-12-21)19(18-15-23-18)16-5-3-2-4-6-16;;;/h2-6,17-19H,7-15H2,1H3;3*1H. The van der Waals surface area contributed by atoms with Gasteiger partial charge in [-0.15, -0.1) is 37.2 Å². The minimum atomic E-state index is 0. The summed E-state index contributed by atoms with van der Waals surface area (Å²) in [6, 6.07) is 12.2. The summed E-state index contributed by atoms with van der Waals surface area (Å²) in [6.07, 6.45) is 3.08. The van der Waals surface area contributed by atoms with Gasteiger partial charge in [0, 0.05) is 32.2 Å². The van der Waals surface area contributed by atoms with Crippen LogP contribution < -0.4 is 0 Å². The van der Waals surface area contributed by atoms with Crippen LogP contribution in [-0.4, -0.2) is 79.8 Å². The van der Waals surface area contributed by atoms with Crippen molar-refractivity contribution in [1.82, 2.24) is 14.7 Å². The predicted octanol–water partition coefficient (Wildman–Crippen LogP) is 3.10. The smallest absolute Gasteiger partial charge is 0.101 e. The maximum Gasteiger partial charge on any atom is 0.101 e. The van der Waals surface area contributed by atoms with Gasteiger partial charge in [0.05, 0.1) is 12.6 Å². The quantitative estimate of drug-likeness (QED) is 0.693. The lowest BCUT2D eigenvalue weighted by atomic mass is 9.99. The first-order chi connectivity index (χ1) is 11.3. The molecule has 0 aromatic heterocycles. The molecule has 0 saturated carbocycles. The van der Waals surface area contributed by atoms with E-state index in [2.05, 4.69) is 52.1 Å². The number of halogens is 3. The molecule has 150 valence electrons. The molecule has 2 atom stereocenters. The van der Waals surface area contributed by atoms with Crippen molar-refractivity contribution in [2.24, 2.45) is 0 Å². The van der Waals surface area contributed by atoms with Crippen LogP contribution in [0.5, 0.6) is 0 Å². The number of hydrogen-bond acceptors (Lipinski definition) is 4. The van der Waals surface area contributed by atoms with Crippen molar-refractivity contribution in [2.45, 2.75) is 31.0 Å². The third kappa shape index (κ3) is 5.71. The Morgan fingerprint density at radius 1 is 0.885 bits per heavy atom. The van der Waals surface area contributed by atoms with E-state index in [1.165, 1.54) is 57.7 Å². The average Bonchev–Trinajstić information content (AvgIpc) is 3.43. The fourth-order valence-corrected chi connectivity index (χ4v) is 4.29. The van der Waals surface area contributed by atoms with Gasteiger partial charge in [0.1, 0.15) is 6.10 Å². The molecule has 3 aliphatic rings. The van der Waals surface area contributed by atoms with Gasteiger partial charge in [-0.05, 0) is 38.5 Å². The normalized spacial score (nSPS) is 26.1. The SMILES string of the molecule is CN1CCC(N2CCN(C(c3ccccc3)C3CO3)CC2)CC1.Cl.Cl.Cl. The number of piperidine rings is 1. The zero-order valence-corrected chi connectivity index (χ0v) is 17.9. The molecule has 3 saturated heterocycles. The molecule has 7 heteroatoms. The Morgan fingerprint density at radius 3 is 2.00 bits per heavy atom. The highest BCUT2D eigenvalue weighted by atomic mass is 35.5. The fraction of sp³-hybridized carbons (Fsp3) is 0.684. The molecule has 4 rings (SSSR count). The Balaban J connectivity index is 0.00000113. The summed E-state index contributed by atoms with van der Waals surface area (Å²) in [5.41, 5.74) is 1.42. The Hall–Kier alpha value is -0.0700. The number of ether oxygens (including phenoxy) is 1. The van der Waals surface area contributed by atoms with E-state index >= 15 is 0 Å². The van der Waals surface area contributed by atoms with Crippen LogP contribution in [0.1, 0.15) is 24.4 Å². The van der Waals surface area contributed by atoms with E-state index in [0.717, 1.165) is 12.6 Å². The maximum absolute atomic E-state index is 5.67. The van der Waals surface area contributed by atoms with Crippen molar-refractivity contribution in [3.8, 4) is 0 Å². The van der Waals surface area contributed by atoms with Crippen molar-refractivity contribution in [1.29, 1.82) is 0 Å². The third-order valence-corrected chi connectivity index (χ3v) is 5.80. The molecule has 2 unspecified atom stereocenters. The minimum Gasteiger partial charge on any atom is -0.371 e. The second-order valence-electron chi connectivity index (χ2n) is 7.33. The lowest BCUT2D eigenvalue weighted by Crippen LogP contribution is -2.54. The van der Waals surface area contributed by atoms with Crippen molar-refractivity contribution in [2.75, 3.05) is 52.9 Å². The third-order valence-electron chi connectivity index (χ3n) is 5.80. The van der Waals surface area contributed by atoms with E-state index < -0.39 is 0 Å². The summed E-state index contributed by atoms with van der Waals surface area (Å²) in [5.74, 6) is 0. The fourth-order valence-electron chi connectivity index (χ4n) is 4.29. The van der Waals surface area contributed by atoms with Gasteiger partial charge in [0.15, 0.2) is 0 Å². The first kappa shape index (κ1) is 24.0. The molecular weight excluding hydrogens is 393 g/mol. The van der Waals surface area contributed by atoms with E-state index in [1.807, 2.05) is 0 Å². The second kappa shape index (κ2) is 11.1. The highest BCUT2D eigenvalue weighted by Crippen LogP contribution is 2.34. The number of hydrogen-bond donors (Lipinski definition) is 0. The number of rotatable bonds is 4. The topological polar surface area (TPSA) is 22.2 Å². The summed E-state index contributed by atoms with van der Waals surface area (Å²) in [6.45, 7) is 8.21. The highest BCUT2D eigenvalue weighted by molar-refractivity contribution is 5.86. The Kier molecular flexibility index (Phi) is 10.2. The molecule has 0 aliphatic carbocycles. The molecule has 0 amide bonds. The molecule has 3 fully saturated rings. The van der Waals surface area contributed by atoms with Crippen molar-refractivity contribution >= 4 is 37.2 Å². The van der Waals surface area contributed by atoms with Gasteiger partial charge in [0.25, 0.3) is 0 Å². The predicted molar refractivity (Wildman–Crippen MR) is 114 cm³/mol. The monoisotopic (exact) mass is 423 g/mol. The Labute approximate surface area is 176 Å². The number of nitrogens with zero attached hydrogens (tertiary/aromatic N) is 3. The first-order valence-electron chi connectivity index (χ1n) is 9.14. The van der Waals surface area contributed by atoms with Crippen LogP contribution in [0.2, 0.25) is 0 Å². The molecule has 3 heterocycles. The number of piperazine rings is 1. The number of epoxide rings is 1. The highest BCUT2D eigenvalue weighted by Gasteiger charge is 2.39. The Bertz CT molecular complexity index is 502. The second-order valence-corrected chi connectivity index (χ2v) is 7.33. The average molecular weight is 425 g/mol. The van der Waals surface area contributed by atoms with Crippen LogP contribution in [0, 0.1) is 0 Å². The zero-order valence-electron chi connectivity index (χ0n) is 15.5. The summed E-state index contributed by atoms with van der Waals surface area (Å²) in [4.78, 5) is 7.85. The van der Waals surface area contributed by atoms with Crippen LogP contribution in [-0.2, 0) is 4.74 Å². The molecule has 1 aromatic rings. The van der Waals surface area contributed by atoms with Crippen molar-refractivity contribution in [3.63, 3.8) is 0 Å². The molecule has 0 bridgehead atoms. The van der Waals surface area contributed by atoms with E-state index in [4.69, 9.17) is 4.74 Å². The Morgan fingerprint density at radius 2 is 1.46 bits per heavy atom. The lowest BCUT2D eigenvalue weighted by molar-refractivity contribution is 0.0394. The van der Waals surface area contributed by atoms with Crippen LogP contribution in [0.25, 0.3) is 0 Å². The van der Waals surface area contributed by atoms with E-state index in [1.54, 1.807) is 0 Å². The van der Waals surface area contributed by atoms with E-state index in [-0.39, 0.29) is 37.2 Å². The number of likely N-dealkylation sites (tertiary alicyclic amines) is 1. The first-order valence-corrected chi connectivity index (χ1v) is 9.14. The van der Waals surface area contributed by atoms with Gasteiger partial charge < -0.3 is 9.64 Å². The lowest BCUT2D eigenvalue weighted by Gasteiger charge is -2.44. The maximum atomic E-state index is 5.67. The van der Waals surface area contributed by atoms with Crippen LogP contribution in [0.4, 0.5) is 0 Å². The number of benzene rings is 1. The molecular formula is C19H32Cl3N3O.